The van der Waals surface area contributed by atoms with Crippen molar-refractivity contribution < 1.29 is 23.6 Å². The standard InChI is InChI=1S/C28H40NO4/c1-6-7-8-9-10-13-26(29-18-11-12-25(20-29)28(31)32-5)33-27(30)22(4)24-16-14-23(15-17-24)19-21(2)3/h11-12,14-18,20-22,26H,6-10,13,19H2,1-5H3/q+1. The summed E-state index contributed by atoms with van der Waals surface area (Å²) >= 11 is 0. The highest BCUT2D eigenvalue weighted by Gasteiger charge is 2.27. The van der Waals surface area contributed by atoms with Gasteiger partial charge in [0.1, 0.15) is 5.56 Å². The molecule has 0 aliphatic heterocycles. The molecule has 1 aromatic heterocycles. The maximum absolute atomic E-state index is 13.1. The Morgan fingerprint density at radius 3 is 2.30 bits per heavy atom. The minimum atomic E-state index is -0.466. The number of hydrogen-bond donors (Lipinski definition) is 0. The Labute approximate surface area is 199 Å². The first kappa shape index (κ1) is 26.6. The molecule has 0 fully saturated rings. The highest BCUT2D eigenvalue weighted by atomic mass is 16.6. The van der Waals surface area contributed by atoms with Gasteiger partial charge >= 0.3 is 18.2 Å². The van der Waals surface area contributed by atoms with Gasteiger partial charge in [0.25, 0.3) is 0 Å². The van der Waals surface area contributed by atoms with Crippen molar-refractivity contribution in [1.82, 2.24) is 0 Å². The molecule has 0 N–H and O–H groups in total. The zero-order valence-electron chi connectivity index (χ0n) is 20.9. The van der Waals surface area contributed by atoms with Crippen molar-refractivity contribution in [3.63, 3.8) is 0 Å². The number of hydrogen-bond acceptors (Lipinski definition) is 4. The van der Waals surface area contributed by atoms with E-state index in [-0.39, 0.29) is 11.9 Å². The first-order valence-electron chi connectivity index (χ1n) is 12.2. The van der Waals surface area contributed by atoms with Crippen molar-refractivity contribution in [2.24, 2.45) is 5.92 Å². The Hall–Kier alpha value is -2.69. The van der Waals surface area contributed by atoms with Gasteiger partial charge in [0.2, 0.25) is 0 Å². The number of ether oxygens (including phenoxy) is 2. The van der Waals surface area contributed by atoms with Gasteiger partial charge in [-0.05, 0) is 42.9 Å². The number of carbonyl (C=O) groups excluding carboxylic acids is 2. The van der Waals surface area contributed by atoms with Crippen LogP contribution in [0.15, 0.2) is 48.8 Å². The lowest BCUT2D eigenvalue weighted by molar-refractivity contribution is -0.758. The van der Waals surface area contributed by atoms with Crippen LogP contribution in [0.1, 0.15) is 99.9 Å². The third-order valence-electron chi connectivity index (χ3n) is 5.86. The fourth-order valence-electron chi connectivity index (χ4n) is 3.89. The number of unbranched alkanes of at least 4 members (excludes halogenated alkanes) is 4. The molecular weight excluding hydrogens is 414 g/mol. The zero-order valence-corrected chi connectivity index (χ0v) is 20.9. The molecule has 0 aliphatic carbocycles. The molecule has 0 saturated carbocycles. The molecule has 0 saturated heterocycles. The van der Waals surface area contributed by atoms with Crippen LogP contribution in [0.25, 0.3) is 0 Å². The number of carbonyl (C=O) groups is 2. The Kier molecular flexibility index (Phi) is 11.1. The van der Waals surface area contributed by atoms with Crippen LogP contribution < -0.4 is 4.57 Å². The highest BCUT2D eigenvalue weighted by Crippen LogP contribution is 2.22. The second-order valence-corrected chi connectivity index (χ2v) is 9.19. The van der Waals surface area contributed by atoms with Crippen LogP contribution in [0, 0.1) is 5.92 Å². The summed E-state index contributed by atoms with van der Waals surface area (Å²) in [5.74, 6) is -0.451. The van der Waals surface area contributed by atoms with Crippen LogP contribution in [-0.4, -0.2) is 19.0 Å². The van der Waals surface area contributed by atoms with Crippen molar-refractivity contribution in [2.45, 2.75) is 84.8 Å². The topological polar surface area (TPSA) is 56.5 Å². The van der Waals surface area contributed by atoms with E-state index in [1.54, 1.807) is 18.3 Å². The van der Waals surface area contributed by atoms with Gasteiger partial charge in [-0.3, -0.25) is 4.79 Å². The van der Waals surface area contributed by atoms with Crippen LogP contribution in [0.5, 0.6) is 0 Å². The number of nitrogens with zero attached hydrogens (tertiary/aromatic N) is 1. The van der Waals surface area contributed by atoms with E-state index in [1.165, 1.54) is 31.9 Å². The molecule has 2 aromatic rings. The van der Waals surface area contributed by atoms with E-state index < -0.39 is 12.2 Å². The first-order valence-corrected chi connectivity index (χ1v) is 12.2. The summed E-state index contributed by atoms with van der Waals surface area (Å²) in [5.41, 5.74) is 2.65. The Bertz CT molecular complexity index is 876. The quantitative estimate of drug-likeness (QED) is 0.206. The van der Waals surface area contributed by atoms with E-state index in [0.717, 1.165) is 24.8 Å². The summed E-state index contributed by atoms with van der Waals surface area (Å²) in [5, 5.41) is 0. The molecule has 0 radical (unpaired) electrons. The maximum atomic E-state index is 13.1. The van der Waals surface area contributed by atoms with E-state index in [2.05, 4.69) is 32.9 Å². The number of pyridine rings is 1. The SMILES string of the molecule is CCCCCCCC(OC(=O)C(C)c1ccc(CC(C)C)cc1)[n+]1cccc(C(=O)OC)c1. The summed E-state index contributed by atoms with van der Waals surface area (Å²) in [4.78, 5) is 25.1. The van der Waals surface area contributed by atoms with Crippen molar-refractivity contribution in [1.29, 1.82) is 0 Å². The predicted octanol–water partition coefficient (Wildman–Crippen LogP) is 6.17. The summed E-state index contributed by atoms with van der Waals surface area (Å²) in [7, 11) is 1.36. The molecule has 33 heavy (non-hydrogen) atoms. The van der Waals surface area contributed by atoms with E-state index in [4.69, 9.17) is 9.47 Å². The van der Waals surface area contributed by atoms with Crippen molar-refractivity contribution in [3.8, 4) is 0 Å². The molecule has 5 nitrogen and oxygen atoms in total. The normalized spacial score (nSPS) is 12.9. The molecule has 2 rings (SSSR count). The van der Waals surface area contributed by atoms with Crippen molar-refractivity contribution in [2.75, 3.05) is 7.11 Å². The van der Waals surface area contributed by atoms with Gasteiger partial charge < -0.3 is 9.47 Å². The molecule has 0 spiro atoms. The smallest absolute Gasteiger partial charge is 0.343 e. The minimum Gasteiger partial charge on any atom is -0.465 e. The third-order valence-corrected chi connectivity index (χ3v) is 5.86. The maximum Gasteiger partial charge on any atom is 0.343 e. The zero-order chi connectivity index (χ0) is 24.2. The molecule has 2 unspecified atom stereocenters. The van der Waals surface area contributed by atoms with E-state index in [1.807, 2.05) is 29.8 Å². The fraction of sp³-hybridized carbons (Fsp3) is 0.536. The van der Waals surface area contributed by atoms with E-state index in [9.17, 15) is 9.59 Å². The Balaban J connectivity index is 2.13. The molecular formula is C28H40NO4+. The first-order chi connectivity index (χ1) is 15.8. The van der Waals surface area contributed by atoms with E-state index in [0.29, 0.717) is 17.9 Å². The van der Waals surface area contributed by atoms with Gasteiger partial charge in [-0.15, -0.1) is 0 Å². The second-order valence-electron chi connectivity index (χ2n) is 9.19. The van der Waals surface area contributed by atoms with Gasteiger partial charge in [-0.2, -0.15) is 4.57 Å². The number of rotatable bonds is 13. The van der Waals surface area contributed by atoms with Crippen LogP contribution >= 0.6 is 0 Å². The van der Waals surface area contributed by atoms with Crippen LogP contribution in [0.3, 0.4) is 0 Å². The lowest BCUT2D eigenvalue weighted by Crippen LogP contribution is -2.42. The van der Waals surface area contributed by atoms with Gasteiger partial charge in [0.05, 0.1) is 13.0 Å². The van der Waals surface area contributed by atoms with Crippen LogP contribution in [0.2, 0.25) is 0 Å². The third kappa shape index (κ3) is 8.64. The highest BCUT2D eigenvalue weighted by molar-refractivity contribution is 5.88. The molecule has 1 heterocycles. The van der Waals surface area contributed by atoms with E-state index >= 15 is 0 Å². The van der Waals surface area contributed by atoms with Gasteiger partial charge in [0, 0.05) is 12.5 Å². The largest absolute Gasteiger partial charge is 0.465 e. The number of aromatic nitrogens is 1. The average Bonchev–Trinajstić information content (AvgIpc) is 2.82. The molecule has 2 atom stereocenters. The number of esters is 2. The predicted molar refractivity (Wildman–Crippen MR) is 130 cm³/mol. The van der Waals surface area contributed by atoms with Gasteiger partial charge in [-0.1, -0.05) is 70.7 Å². The molecule has 0 aliphatic rings. The Morgan fingerprint density at radius 1 is 0.970 bits per heavy atom. The Morgan fingerprint density at radius 2 is 1.67 bits per heavy atom. The van der Waals surface area contributed by atoms with Gasteiger partial charge in [0.15, 0.2) is 12.4 Å². The lowest BCUT2D eigenvalue weighted by Gasteiger charge is -2.17. The fourth-order valence-corrected chi connectivity index (χ4v) is 3.89. The molecule has 1 aromatic carbocycles. The molecule has 180 valence electrons. The molecule has 0 amide bonds. The van der Waals surface area contributed by atoms with Crippen molar-refractivity contribution >= 4 is 11.9 Å². The summed E-state index contributed by atoms with van der Waals surface area (Å²) in [6.07, 6.45) is 10.4. The average molecular weight is 455 g/mol. The minimum absolute atomic E-state index is 0.263. The monoisotopic (exact) mass is 454 g/mol. The molecule has 0 bridgehead atoms. The summed E-state index contributed by atoms with van der Waals surface area (Å²) in [6.45, 7) is 8.47. The summed E-state index contributed by atoms with van der Waals surface area (Å²) < 4.78 is 12.6. The summed E-state index contributed by atoms with van der Waals surface area (Å²) in [6, 6.07) is 11.7. The molecule has 5 heteroatoms. The van der Waals surface area contributed by atoms with Crippen LogP contribution in [0.4, 0.5) is 0 Å². The van der Waals surface area contributed by atoms with Crippen molar-refractivity contribution in [3.05, 3.63) is 65.5 Å². The second kappa shape index (κ2) is 13.8. The van der Waals surface area contributed by atoms with Gasteiger partial charge in [-0.25, -0.2) is 4.79 Å². The number of benzene rings is 1. The number of methoxy groups -OCH3 is 1. The lowest BCUT2D eigenvalue weighted by atomic mass is 9.97. The van der Waals surface area contributed by atoms with Crippen LogP contribution in [-0.2, 0) is 20.7 Å².